The fraction of sp³-hybridized carbons (Fsp3) is 0.684. The largest absolute Gasteiger partial charge is 0.491 e. The number of aliphatic hydroxyl groups is 1. The number of piperidine rings is 2. The van der Waals surface area contributed by atoms with Gasteiger partial charge >= 0.3 is 0 Å². The van der Waals surface area contributed by atoms with E-state index in [2.05, 4.69) is 9.80 Å². The van der Waals surface area contributed by atoms with Crippen LogP contribution in [0.3, 0.4) is 0 Å². The highest BCUT2D eigenvalue weighted by molar-refractivity contribution is 5.22. The summed E-state index contributed by atoms with van der Waals surface area (Å²) in [7, 11) is 0. The third-order valence-corrected chi connectivity index (χ3v) is 5.19. The van der Waals surface area contributed by atoms with E-state index in [1.807, 2.05) is 0 Å². The molecule has 2 aliphatic rings. The summed E-state index contributed by atoms with van der Waals surface area (Å²) in [5.74, 6) is 0.318. The Hall–Kier alpha value is -1.17. The van der Waals surface area contributed by atoms with Crippen LogP contribution < -0.4 is 4.74 Å². The zero-order chi connectivity index (χ0) is 16.8. The van der Waals surface area contributed by atoms with E-state index in [-0.39, 0.29) is 12.4 Å². The van der Waals surface area contributed by atoms with E-state index in [1.54, 1.807) is 12.1 Å². The van der Waals surface area contributed by atoms with Crippen molar-refractivity contribution in [1.82, 2.24) is 9.80 Å². The van der Waals surface area contributed by atoms with Crippen LogP contribution in [-0.2, 0) is 0 Å². The zero-order valence-electron chi connectivity index (χ0n) is 14.4. The minimum absolute atomic E-state index is 0.248. The Balaban J connectivity index is 1.35. The molecule has 24 heavy (non-hydrogen) atoms. The van der Waals surface area contributed by atoms with Gasteiger partial charge in [0.1, 0.15) is 24.3 Å². The van der Waals surface area contributed by atoms with Gasteiger partial charge in [0.05, 0.1) is 0 Å². The lowest BCUT2D eigenvalue weighted by Crippen LogP contribution is -2.48. The maximum Gasteiger partial charge on any atom is 0.123 e. The summed E-state index contributed by atoms with van der Waals surface area (Å²) in [6, 6.07) is 6.65. The number of nitrogens with zero attached hydrogens (tertiary/aromatic N) is 2. The van der Waals surface area contributed by atoms with Crippen LogP contribution in [0.15, 0.2) is 24.3 Å². The molecule has 1 atom stereocenters. The van der Waals surface area contributed by atoms with Gasteiger partial charge < -0.3 is 19.6 Å². The number of hydrogen-bond acceptors (Lipinski definition) is 4. The third-order valence-electron chi connectivity index (χ3n) is 5.19. The van der Waals surface area contributed by atoms with Crippen LogP contribution in [0.25, 0.3) is 0 Å². The first-order chi connectivity index (χ1) is 11.7. The molecule has 2 saturated heterocycles. The first-order valence-corrected chi connectivity index (χ1v) is 9.23. The molecule has 1 N–H and O–H groups in total. The fourth-order valence-corrected chi connectivity index (χ4v) is 3.82. The molecular weight excluding hydrogens is 307 g/mol. The highest BCUT2D eigenvalue weighted by Gasteiger charge is 2.26. The molecule has 134 valence electrons. The highest BCUT2D eigenvalue weighted by atomic mass is 19.1. The van der Waals surface area contributed by atoms with Crippen LogP contribution in [0, 0.1) is 5.82 Å². The lowest BCUT2D eigenvalue weighted by Gasteiger charge is -2.40. The zero-order valence-corrected chi connectivity index (χ0v) is 14.4. The van der Waals surface area contributed by atoms with Crippen molar-refractivity contribution < 1.29 is 14.2 Å². The molecule has 5 heteroatoms. The minimum atomic E-state index is -0.512. The normalized spacial score (nSPS) is 22.4. The Kier molecular flexibility index (Phi) is 6.46. The van der Waals surface area contributed by atoms with E-state index in [0.717, 1.165) is 19.1 Å². The number of likely N-dealkylation sites (tertiary alicyclic amines) is 2. The topological polar surface area (TPSA) is 35.9 Å². The number of benzene rings is 1. The van der Waals surface area contributed by atoms with Crippen molar-refractivity contribution in [2.24, 2.45) is 0 Å². The van der Waals surface area contributed by atoms with Crippen LogP contribution in [0.2, 0.25) is 0 Å². The number of aliphatic hydroxyl groups excluding tert-OH is 1. The molecule has 0 spiro atoms. The van der Waals surface area contributed by atoms with Gasteiger partial charge in [0.25, 0.3) is 0 Å². The number of β-amino-alcohol motifs (C(OH)–C–C–N with tert-alkyl or cyclic N) is 1. The van der Waals surface area contributed by atoms with Crippen LogP contribution in [0.4, 0.5) is 4.39 Å². The molecule has 1 aromatic rings. The molecule has 1 aromatic carbocycles. The van der Waals surface area contributed by atoms with Gasteiger partial charge in [-0.3, -0.25) is 0 Å². The number of ether oxygens (including phenoxy) is 1. The van der Waals surface area contributed by atoms with E-state index >= 15 is 0 Å². The third kappa shape index (κ3) is 5.16. The van der Waals surface area contributed by atoms with Crippen molar-refractivity contribution >= 4 is 0 Å². The predicted molar refractivity (Wildman–Crippen MR) is 92.8 cm³/mol. The first-order valence-electron chi connectivity index (χ1n) is 9.23. The van der Waals surface area contributed by atoms with Crippen LogP contribution in [0.5, 0.6) is 5.75 Å². The molecule has 0 radical (unpaired) electrons. The van der Waals surface area contributed by atoms with Crippen molar-refractivity contribution in [1.29, 1.82) is 0 Å². The molecule has 4 nitrogen and oxygen atoms in total. The van der Waals surface area contributed by atoms with E-state index in [0.29, 0.717) is 12.3 Å². The summed E-state index contributed by atoms with van der Waals surface area (Å²) < 4.78 is 18.4. The Morgan fingerprint density at radius 3 is 2.38 bits per heavy atom. The smallest absolute Gasteiger partial charge is 0.123 e. The monoisotopic (exact) mass is 336 g/mol. The number of halogens is 1. The minimum Gasteiger partial charge on any atom is -0.491 e. The van der Waals surface area contributed by atoms with E-state index in [9.17, 15) is 9.50 Å². The highest BCUT2D eigenvalue weighted by Crippen LogP contribution is 2.21. The summed E-state index contributed by atoms with van der Waals surface area (Å²) in [4.78, 5) is 4.99. The molecule has 0 saturated carbocycles. The lowest BCUT2D eigenvalue weighted by molar-refractivity contribution is 0.0406. The Bertz CT molecular complexity index is 483. The van der Waals surface area contributed by atoms with Crippen molar-refractivity contribution in [3.8, 4) is 5.75 Å². The standard InChI is InChI=1S/C19H29FN2O2/c20-16-4-6-19(7-5-16)24-15-18(23)14-21-12-8-17(9-13-21)22-10-2-1-3-11-22/h4-7,17-18,23H,1-3,8-15H2/t18-/m0/s1. The van der Waals surface area contributed by atoms with E-state index < -0.39 is 6.10 Å². The van der Waals surface area contributed by atoms with Crippen LogP contribution in [-0.4, -0.2) is 66.4 Å². The average molecular weight is 336 g/mol. The van der Waals surface area contributed by atoms with Crippen molar-refractivity contribution in [2.45, 2.75) is 44.2 Å². The van der Waals surface area contributed by atoms with Crippen LogP contribution >= 0.6 is 0 Å². The predicted octanol–water partition coefficient (Wildman–Crippen LogP) is 2.52. The molecule has 0 unspecified atom stereocenters. The van der Waals surface area contributed by atoms with Gasteiger partial charge in [-0.15, -0.1) is 0 Å². The number of hydrogen-bond donors (Lipinski definition) is 1. The SMILES string of the molecule is O[C@H](COc1ccc(F)cc1)CN1CCC(N2CCCCC2)CC1. The molecular formula is C19H29FN2O2. The summed E-state index contributed by atoms with van der Waals surface area (Å²) in [5, 5.41) is 10.2. The summed E-state index contributed by atoms with van der Waals surface area (Å²) in [5.41, 5.74) is 0. The lowest BCUT2D eigenvalue weighted by atomic mass is 10.00. The summed E-state index contributed by atoms with van der Waals surface area (Å²) >= 11 is 0. The Morgan fingerprint density at radius 2 is 1.71 bits per heavy atom. The molecule has 3 rings (SSSR count). The van der Waals surface area contributed by atoms with Gasteiger partial charge in [-0.2, -0.15) is 0 Å². The van der Waals surface area contributed by atoms with Crippen molar-refractivity contribution in [3.63, 3.8) is 0 Å². The first kappa shape index (κ1) is 17.6. The van der Waals surface area contributed by atoms with E-state index in [4.69, 9.17) is 4.74 Å². The molecule has 0 aliphatic carbocycles. The van der Waals surface area contributed by atoms with Gasteiger partial charge in [0, 0.05) is 12.6 Å². The maximum atomic E-state index is 12.8. The van der Waals surface area contributed by atoms with Crippen molar-refractivity contribution in [2.75, 3.05) is 39.3 Å². The van der Waals surface area contributed by atoms with E-state index in [1.165, 1.54) is 57.3 Å². The molecule has 2 heterocycles. The van der Waals surface area contributed by atoms with Gasteiger partial charge in [0.2, 0.25) is 0 Å². The summed E-state index contributed by atoms with van der Waals surface area (Å²) in [6.07, 6.45) is 5.97. The number of rotatable bonds is 6. The second-order valence-electron chi connectivity index (χ2n) is 7.05. The molecule has 0 amide bonds. The molecule has 0 bridgehead atoms. The van der Waals surface area contributed by atoms with Gasteiger partial charge in [-0.1, -0.05) is 6.42 Å². The second kappa shape index (κ2) is 8.79. The average Bonchev–Trinajstić information content (AvgIpc) is 2.63. The Morgan fingerprint density at radius 1 is 1.04 bits per heavy atom. The Labute approximate surface area is 144 Å². The fourth-order valence-electron chi connectivity index (χ4n) is 3.82. The molecule has 0 aromatic heterocycles. The summed E-state index contributed by atoms with van der Waals surface area (Å²) in [6.45, 7) is 5.52. The quantitative estimate of drug-likeness (QED) is 0.866. The second-order valence-corrected chi connectivity index (χ2v) is 7.05. The maximum absolute atomic E-state index is 12.8. The molecule has 2 aliphatic heterocycles. The molecule has 2 fully saturated rings. The van der Waals surface area contributed by atoms with Crippen molar-refractivity contribution in [3.05, 3.63) is 30.1 Å². The van der Waals surface area contributed by atoms with Gasteiger partial charge in [0.15, 0.2) is 0 Å². The van der Waals surface area contributed by atoms with Gasteiger partial charge in [-0.05, 0) is 76.1 Å². The van der Waals surface area contributed by atoms with Crippen LogP contribution in [0.1, 0.15) is 32.1 Å². The van der Waals surface area contributed by atoms with Gasteiger partial charge in [-0.25, -0.2) is 4.39 Å².